The Balaban J connectivity index is 0.00000118. The number of aryl methyl sites for hydroxylation is 3. The maximum absolute atomic E-state index is 11.3. The van der Waals surface area contributed by atoms with E-state index in [1.54, 1.807) is 12.1 Å². The molecule has 0 spiro atoms. The number of rotatable bonds is 9. The van der Waals surface area contributed by atoms with Crippen LogP contribution in [0.3, 0.4) is 0 Å². The first-order chi connectivity index (χ1) is 15.1. The van der Waals surface area contributed by atoms with E-state index in [0.29, 0.717) is 30.1 Å². The number of carbonyl (C=O) groups excluding carboxylic acids is 2. The number of nitrogens with zero attached hydrogens (tertiary/aromatic N) is 2. The highest BCUT2D eigenvalue weighted by Crippen LogP contribution is 2.26. The highest BCUT2D eigenvalue weighted by Gasteiger charge is 2.13. The summed E-state index contributed by atoms with van der Waals surface area (Å²) < 4.78 is 0. The Morgan fingerprint density at radius 1 is 1.09 bits per heavy atom. The Bertz CT molecular complexity index is 969. The number of hydrogen-bond donors (Lipinski definition) is 6. The molecule has 4 amide bonds. The lowest BCUT2D eigenvalue weighted by molar-refractivity contribution is -0.118. The van der Waals surface area contributed by atoms with E-state index < -0.39 is 12.2 Å². The van der Waals surface area contributed by atoms with Crippen LogP contribution in [0.5, 0.6) is 0 Å². The van der Waals surface area contributed by atoms with Crippen LogP contribution in [0.4, 0.5) is 20.4 Å². The van der Waals surface area contributed by atoms with Gasteiger partial charge in [0.05, 0.1) is 17.7 Å². The highest BCUT2D eigenvalue weighted by atomic mass is 32.1. The van der Waals surface area contributed by atoms with Crippen LogP contribution in [-0.2, 0) is 28.9 Å². The lowest BCUT2D eigenvalue weighted by atomic mass is 10.1. The molecule has 0 fully saturated rings. The summed E-state index contributed by atoms with van der Waals surface area (Å²) in [5, 5.41) is 20.9. The maximum Gasteiger partial charge on any atom is 0.409 e. The van der Waals surface area contributed by atoms with Gasteiger partial charge >= 0.3 is 12.2 Å². The first kappa shape index (κ1) is 26.0. The zero-order chi connectivity index (χ0) is 24.1. The summed E-state index contributed by atoms with van der Waals surface area (Å²) in [7, 11) is 0. The minimum absolute atomic E-state index is 0.199. The molecule has 0 aliphatic rings. The molecule has 0 aliphatic carbocycles. The van der Waals surface area contributed by atoms with Gasteiger partial charge in [-0.25, -0.2) is 19.6 Å². The second-order valence-electron chi connectivity index (χ2n) is 6.25. The summed E-state index contributed by atoms with van der Waals surface area (Å²) in [6.45, 7) is 1.42. The van der Waals surface area contributed by atoms with Crippen molar-refractivity contribution in [2.45, 2.75) is 32.6 Å². The molecule has 172 valence electrons. The van der Waals surface area contributed by atoms with Crippen LogP contribution in [0.25, 0.3) is 0 Å². The van der Waals surface area contributed by atoms with Crippen molar-refractivity contribution in [3.63, 3.8) is 0 Å². The van der Waals surface area contributed by atoms with E-state index in [2.05, 4.69) is 26.3 Å². The van der Waals surface area contributed by atoms with Gasteiger partial charge in [-0.2, -0.15) is 0 Å². The molecule has 1 aromatic carbocycles. The fraction of sp³-hybridized carbons (Fsp3) is 0.263. The van der Waals surface area contributed by atoms with Crippen molar-refractivity contribution in [3.8, 4) is 0 Å². The van der Waals surface area contributed by atoms with Gasteiger partial charge in [0.15, 0.2) is 5.13 Å². The fourth-order valence-electron chi connectivity index (χ4n) is 2.39. The number of aromatic nitrogens is 1. The van der Waals surface area contributed by atoms with Crippen LogP contribution in [0.2, 0.25) is 0 Å². The maximum atomic E-state index is 11.3. The molecule has 0 unspecified atom stereocenters. The highest BCUT2D eigenvalue weighted by molar-refractivity contribution is 7.15. The second kappa shape index (κ2) is 13.3. The number of thiazole rings is 1. The zero-order valence-corrected chi connectivity index (χ0v) is 18.0. The minimum atomic E-state index is -1.33. The van der Waals surface area contributed by atoms with Gasteiger partial charge in [-0.3, -0.25) is 14.9 Å². The summed E-state index contributed by atoms with van der Waals surface area (Å²) in [6, 6.07) is 7.37. The van der Waals surface area contributed by atoms with Crippen molar-refractivity contribution < 1.29 is 29.4 Å². The van der Waals surface area contributed by atoms with Crippen molar-refractivity contribution >= 4 is 52.5 Å². The second-order valence-corrected chi connectivity index (χ2v) is 7.33. The predicted molar refractivity (Wildman–Crippen MR) is 119 cm³/mol. The van der Waals surface area contributed by atoms with E-state index in [4.69, 9.17) is 20.7 Å². The topological polar surface area (TPSA) is 210 Å². The standard InChI is InChI=1S/C18H21N5O4S.CH3NO2/c1-11(24)22-17-23-14(15(28-17)8-9-16(19)25)7-4-12-2-5-13(6-3-12)20-10-21-18(26)27;2-1(3)4/h2-3,5-6,10H,4,7-9H2,1H3,(H2,19,25)(H,20,21)(H,26,27)(H,22,23,24);2H2,(H,3,4). The lowest BCUT2D eigenvalue weighted by Crippen LogP contribution is -2.17. The van der Waals surface area contributed by atoms with Crippen LogP contribution in [0, 0.1) is 0 Å². The Labute approximate surface area is 187 Å². The average Bonchev–Trinajstić information content (AvgIpc) is 3.06. The normalized spacial score (nSPS) is 10.2. The van der Waals surface area contributed by atoms with Crippen molar-refractivity contribution in [3.05, 3.63) is 40.4 Å². The molecule has 0 radical (unpaired) electrons. The van der Waals surface area contributed by atoms with Gasteiger partial charge in [0.2, 0.25) is 11.8 Å². The number of primary amides is 2. The molecular weight excluding hydrogens is 440 g/mol. The Morgan fingerprint density at radius 2 is 1.72 bits per heavy atom. The number of nitrogens with two attached hydrogens (primary N) is 2. The van der Waals surface area contributed by atoms with Crippen molar-refractivity contribution in [2.24, 2.45) is 16.5 Å². The predicted octanol–water partition coefficient (Wildman–Crippen LogP) is 1.86. The number of anilines is 1. The molecule has 0 saturated carbocycles. The van der Waals surface area contributed by atoms with Crippen LogP contribution < -0.4 is 22.1 Å². The van der Waals surface area contributed by atoms with E-state index in [-0.39, 0.29) is 18.2 Å². The zero-order valence-electron chi connectivity index (χ0n) is 17.2. The minimum Gasteiger partial charge on any atom is -0.465 e. The number of benzene rings is 1. The van der Waals surface area contributed by atoms with E-state index in [1.807, 2.05) is 12.1 Å². The molecule has 0 saturated heterocycles. The molecule has 0 atom stereocenters. The molecule has 2 rings (SSSR count). The van der Waals surface area contributed by atoms with E-state index >= 15 is 0 Å². The molecule has 12 nitrogen and oxygen atoms in total. The number of carboxylic acid groups (broad SMARTS) is 2. The number of amides is 4. The lowest BCUT2D eigenvalue weighted by Gasteiger charge is -2.03. The molecule has 1 heterocycles. The molecule has 13 heteroatoms. The number of nitrogens with one attached hydrogen (secondary N) is 2. The van der Waals surface area contributed by atoms with Crippen molar-refractivity contribution in [2.75, 3.05) is 5.32 Å². The summed E-state index contributed by atoms with van der Waals surface area (Å²) in [4.78, 5) is 50.9. The van der Waals surface area contributed by atoms with Gasteiger partial charge in [-0.05, 0) is 37.0 Å². The van der Waals surface area contributed by atoms with Crippen LogP contribution in [-0.4, -0.2) is 45.5 Å². The molecule has 32 heavy (non-hydrogen) atoms. The smallest absolute Gasteiger partial charge is 0.409 e. The van der Waals surface area contributed by atoms with Crippen LogP contribution in [0.1, 0.15) is 29.5 Å². The van der Waals surface area contributed by atoms with E-state index in [1.165, 1.54) is 18.3 Å². The Hall–Kier alpha value is -4.00. The monoisotopic (exact) mass is 464 g/mol. The average molecular weight is 465 g/mol. The van der Waals surface area contributed by atoms with Crippen molar-refractivity contribution in [1.29, 1.82) is 0 Å². The van der Waals surface area contributed by atoms with Crippen molar-refractivity contribution in [1.82, 2.24) is 10.3 Å². The van der Waals surface area contributed by atoms with Gasteiger partial charge in [0.25, 0.3) is 0 Å². The van der Waals surface area contributed by atoms with Gasteiger partial charge in [-0.1, -0.05) is 12.1 Å². The number of hydrogen-bond acceptors (Lipinski definition) is 7. The van der Waals surface area contributed by atoms with Gasteiger partial charge < -0.3 is 27.0 Å². The molecule has 0 bridgehead atoms. The quantitative estimate of drug-likeness (QED) is 0.239. The molecule has 2 aromatic rings. The molecule has 0 aliphatic heterocycles. The third-order valence-electron chi connectivity index (χ3n) is 3.65. The molecule has 8 N–H and O–H groups in total. The van der Waals surface area contributed by atoms with Gasteiger partial charge in [0, 0.05) is 18.2 Å². The summed E-state index contributed by atoms with van der Waals surface area (Å²) >= 11 is 1.35. The molecular formula is C19H24N6O6S. The summed E-state index contributed by atoms with van der Waals surface area (Å²) in [5.41, 5.74) is 11.8. The number of aliphatic imine (C=N–C) groups is 1. The summed E-state index contributed by atoms with van der Waals surface area (Å²) in [6.07, 6.45) is 0.686. The Kier molecular flexibility index (Phi) is 10.8. The first-order valence-electron chi connectivity index (χ1n) is 9.20. The first-order valence-corrected chi connectivity index (χ1v) is 10.0. The van der Waals surface area contributed by atoms with E-state index in [9.17, 15) is 14.4 Å². The van der Waals surface area contributed by atoms with E-state index in [0.717, 1.165) is 22.5 Å². The summed E-state index contributed by atoms with van der Waals surface area (Å²) in [5.74, 6) is -0.579. The van der Waals surface area contributed by atoms with Crippen LogP contribution in [0.15, 0.2) is 29.3 Å². The van der Waals surface area contributed by atoms with Gasteiger partial charge in [-0.15, -0.1) is 11.3 Å². The van der Waals surface area contributed by atoms with Crippen LogP contribution >= 0.6 is 11.3 Å². The SMILES string of the molecule is CC(=O)Nc1nc(CCc2ccc(N=CNC(=O)O)cc2)c(CCC(N)=O)s1.NC(=O)O. The van der Waals surface area contributed by atoms with Gasteiger partial charge in [0.1, 0.15) is 0 Å². The largest absolute Gasteiger partial charge is 0.465 e. The molecule has 1 aromatic heterocycles. The third-order valence-corrected chi connectivity index (χ3v) is 4.72. The third kappa shape index (κ3) is 11.3. The number of carbonyl (C=O) groups is 4. The fourth-order valence-corrected chi connectivity index (χ4v) is 3.44. The Morgan fingerprint density at radius 3 is 2.25 bits per heavy atom.